The van der Waals surface area contributed by atoms with Crippen LogP contribution in [0.3, 0.4) is 0 Å². The second-order valence-corrected chi connectivity index (χ2v) is 6.89. The molecule has 146 valence electrons. The summed E-state index contributed by atoms with van der Waals surface area (Å²) in [5, 5.41) is 6.31. The standard InChI is InChI=1S/C20H28N4O3/c1-6-24(14(2)3)12-16-7-9-17(10-8-16)20(26)23(5)13-19(25)21-18-11-15(4)27-22-18/h7-11,14H,6,12-13H2,1-5H3,(H,21,22,25). The minimum atomic E-state index is -0.328. The molecule has 0 aliphatic carbocycles. The summed E-state index contributed by atoms with van der Waals surface area (Å²) in [7, 11) is 1.60. The molecule has 2 amide bonds. The maximum absolute atomic E-state index is 12.5. The Balaban J connectivity index is 1.92. The zero-order valence-corrected chi connectivity index (χ0v) is 16.7. The fourth-order valence-corrected chi connectivity index (χ4v) is 2.76. The molecular formula is C20H28N4O3. The third kappa shape index (κ3) is 5.92. The molecule has 1 aromatic heterocycles. The van der Waals surface area contributed by atoms with E-state index in [-0.39, 0.29) is 18.4 Å². The molecule has 1 aromatic carbocycles. The molecule has 0 aliphatic heterocycles. The predicted molar refractivity (Wildman–Crippen MR) is 104 cm³/mol. The minimum Gasteiger partial charge on any atom is -0.360 e. The van der Waals surface area contributed by atoms with Crippen LogP contribution >= 0.6 is 0 Å². The first-order chi connectivity index (χ1) is 12.8. The van der Waals surface area contributed by atoms with Gasteiger partial charge in [-0.15, -0.1) is 0 Å². The van der Waals surface area contributed by atoms with E-state index in [9.17, 15) is 9.59 Å². The van der Waals surface area contributed by atoms with Gasteiger partial charge in [-0.05, 0) is 45.0 Å². The van der Waals surface area contributed by atoms with Crippen molar-refractivity contribution in [3.8, 4) is 0 Å². The van der Waals surface area contributed by atoms with Crippen LogP contribution in [0, 0.1) is 6.92 Å². The first-order valence-corrected chi connectivity index (χ1v) is 9.11. The monoisotopic (exact) mass is 372 g/mol. The van der Waals surface area contributed by atoms with E-state index in [0.717, 1.165) is 18.7 Å². The number of aryl methyl sites for hydroxylation is 1. The molecular weight excluding hydrogens is 344 g/mol. The molecule has 0 aliphatic rings. The molecule has 7 heteroatoms. The van der Waals surface area contributed by atoms with E-state index in [1.807, 2.05) is 12.1 Å². The molecule has 1 N–H and O–H groups in total. The smallest absolute Gasteiger partial charge is 0.254 e. The summed E-state index contributed by atoms with van der Waals surface area (Å²) in [5.41, 5.74) is 1.71. The van der Waals surface area contributed by atoms with Crippen LogP contribution in [0.4, 0.5) is 5.82 Å². The summed E-state index contributed by atoms with van der Waals surface area (Å²) in [5.74, 6) is 0.415. The van der Waals surface area contributed by atoms with Gasteiger partial charge in [0.25, 0.3) is 5.91 Å². The number of nitrogens with zero attached hydrogens (tertiary/aromatic N) is 3. The molecule has 2 aromatic rings. The van der Waals surface area contributed by atoms with Crippen LogP contribution in [0.5, 0.6) is 0 Å². The molecule has 0 saturated carbocycles. The predicted octanol–water partition coefficient (Wildman–Crippen LogP) is 2.92. The lowest BCUT2D eigenvalue weighted by Gasteiger charge is -2.24. The van der Waals surface area contributed by atoms with Crippen LogP contribution in [0.2, 0.25) is 0 Å². The highest BCUT2D eigenvalue weighted by Gasteiger charge is 2.16. The zero-order chi connectivity index (χ0) is 20.0. The lowest BCUT2D eigenvalue weighted by atomic mass is 10.1. The summed E-state index contributed by atoms with van der Waals surface area (Å²) in [6.07, 6.45) is 0. The molecule has 7 nitrogen and oxygen atoms in total. The quantitative estimate of drug-likeness (QED) is 0.771. The van der Waals surface area contributed by atoms with Crippen LogP contribution in [-0.4, -0.2) is 52.9 Å². The average Bonchev–Trinajstić information content (AvgIpc) is 3.03. The molecule has 0 unspecified atom stereocenters. The highest BCUT2D eigenvalue weighted by Crippen LogP contribution is 2.12. The number of hydrogen-bond donors (Lipinski definition) is 1. The van der Waals surface area contributed by atoms with Gasteiger partial charge in [0, 0.05) is 31.3 Å². The van der Waals surface area contributed by atoms with Gasteiger partial charge in [-0.25, -0.2) is 0 Å². The fraction of sp³-hybridized carbons (Fsp3) is 0.450. The van der Waals surface area contributed by atoms with Gasteiger partial charge in [0.1, 0.15) is 5.76 Å². The molecule has 1 heterocycles. The van der Waals surface area contributed by atoms with Gasteiger partial charge in [0.15, 0.2) is 5.82 Å². The number of rotatable bonds is 8. The van der Waals surface area contributed by atoms with Crippen LogP contribution in [0.25, 0.3) is 0 Å². The Morgan fingerprint density at radius 1 is 1.22 bits per heavy atom. The Bertz CT molecular complexity index is 768. The number of carbonyl (C=O) groups is 2. The maximum atomic E-state index is 12.5. The Morgan fingerprint density at radius 2 is 1.89 bits per heavy atom. The van der Waals surface area contributed by atoms with Gasteiger partial charge in [0.05, 0.1) is 6.54 Å². The Morgan fingerprint density at radius 3 is 2.41 bits per heavy atom. The second kappa shape index (κ2) is 9.32. The molecule has 0 bridgehead atoms. The van der Waals surface area contributed by atoms with Crippen LogP contribution in [0.1, 0.15) is 42.5 Å². The number of anilines is 1. The number of aromatic nitrogens is 1. The minimum absolute atomic E-state index is 0.0660. The highest BCUT2D eigenvalue weighted by atomic mass is 16.5. The number of carbonyl (C=O) groups excluding carboxylic acids is 2. The van der Waals surface area contributed by atoms with Crippen LogP contribution < -0.4 is 5.32 Å². The van der Waals surface area contributed by atoms with E-state index in [0.29, 0.717) is 23.2 Å². The summed E-state index contributed by atoms with van der Waals surface area (Å²) >= 11 is 0. The summed E-state index contributed by atoms with van der Waals surface area (Å²) in [6.45, 7) is 9.97. The largest absolute Gasteiger partial charge is 0.360 e. The van der Waals surface area contributed by atoms with E-state index >= 15 is 0 Å². The van der Waals surface area contributed by atoms with Gasteiger partial charge >= 0.3 is 0 Å². The lowest BCUT2D eigenvalue weighted by Crippen LogP contribution is -2.35. The van der Waals surface area contributed by atoms with Crippen molar-refractivity contribution in [3.05, 3.63) is 47.2 Å². The van der Waals surface area contributed by atoms with Crippen molar-refractivity contribution in [1.82, 2.24) is 15.0 Å². The Labute approximate surface area is 160 Å². The van der Waals surface area contributed by atoms with Crippen molar-refractivity contribution in [1.29, 1.82) is 0 Å². The molecule has 0 saturated heterocycles. The van der Waals surface area contributed by atoms with E-state index in [2.05, 4.69) is 36.1 Å². The maximum Gasteiger partial charge on any atom is 0.254 e. The first kappa shape index (κ1) is 20.6. The number of likely N-dealkylation sites (N-methyl/N-ethyl adjacent to an activating group) is 1. The average molecular weight is 372 g/mol. The molecule has 27 heavy (non-hydrogen) atoms. The Hall–Kier alpha value is -2.67. The summed E-state index contributed by atoms with van der Waals surface area (Å²) < 4.78 is 4.90. The third-order valence-electron chi connectivity index (χ3n) is 4.35. The van der Waals surface area contributed by atoms with Crippen molar-refractivity contribution in [2.75, 3.05) is 25.5 Å². The number of benzene rings is 1. The zero-order valence-electron chi connectivity index (χ0n) is 16.7. The molecule has 0 atom stereocenters. The third-order valence-corrected chi connectivity index (χ3v) is 4.35. The van der Waals surface area contributed by atoms with E-state index in [1.165, 1.54) is 4.90 Å². The molecule has 0 radical (unpaired) electrons. The number of hydrogen-bond acceptors (Lipinski definition) is 5. The highest BCUT2D eigenvalue weighted by molar-refractivity contribution is 5.98. The van der Waals surface area contributed by atoms with Gasteiger partial charge in [-0.2, -0.15) is 0 Å². The van der Waals surface area contributed by atoms with Gasteiger partial charge in [-0.1, -0.05) is 24.2 Å². The van der Waals surface area contributed by atoms with Crippen molar-refractivity contribution in [2.45, 2.75) is 40.3 Å². The lowest BCUT2D eigenvalue weighted by molar-refractivity contribution is -0.116. The van der Waals surface area contributed by atoms with E-state index in [4.69, 9.17) is 4.52 Å². The molecule has 2 rings (SSSR count). The van der Waals surface area contributed by atoms with E-state index < -0.39 is 0 Å². The molecule has 0 fully saturated rings. The van der Waals surface area contributed by atoms with Crippen molar-refractivity contribution >= 4 is 17.6 Å². The number of amides is 2. The van der Waals surface area contributed by atoms with Crippen molar-refractivity contribution < 1.29 is 14.1 Å². The normalized spacial score (nSPS) is 11.1. The topological polar surface area (TPSA) is 78.7 Å². The van der Waals surface area contributed by atoms with Gasteiger partial charge in [-0.3, -0.25) is 14.5 Å². The first-order valence-electron chi connectivity index (χ1n) is 9.11. The fourth-order valence-electron chi connectivity index (χ4n) is 2.76. The van der Waals surface area contributed by atoms with Crippen LogP contribution in [-0.2, 0) is 11.3 Å². The van der Waals surface area contributed by atoms with Crippen molar-refractivity contribution in [3.63, 3.8) is 0 Å². The van der Waals surface area contributed by atoms with Crippen molar-refractivity contribution in [2.24, 2.45) is 0 Å². The number of nitrogens with one attached hydrogen (secondary N) is 1. The Kier molecular flexibility index (Phi) is 7.12. The van der Waals surface area contributed by atoms with Crippen LogP contribution in [0.15, 0.2) is 34.9 Å². The van der Waals surface area contributed by atoms with Gasteiger partial charge in [0.2, 0.25) is 5.91 Å². The van der Waals surface area contributed by atoms with E-state index in [1.54, 1.807) is 32.2 Å². The summed E-state index contributed by atoms with van der Waals surface area (Å²) in [4.78, 5) is 28.3. The summed E-state index contributed by atoms with van der Waals surface area (Å²) in [6, 6.07) is 9.63. The molecule has 0 spiro atoms. The SMILES string of the molecule is CCN(Cc1ccc(C(=O)N(C)CC(=O)Nc2cc(C)on2)cc1)C(C)C. The second-order valence-electron chi connectivity index (χ2n) is 6.89. The van der Waals surface area contributed by atoms with Gasteiger partial charge < -0.3 is 14.7 Å².